The van der Waals surface area contributed by atoms with Crippen molar-refractivity contribution >= 4 is 11.3 Å². The normalized spacial score (nSPS) is 12.2. The highest BCUT2D eigenvalue weighted by atomic mass is 32.1. The maximum Gasteiger partial charge on any atom is 0.0358 e. The lowest BCUT2D eigenvalue weighted by Gasteiger charge is -2.17. The van der Waals surface area contributed by atoms with E-state index in [4.69, 9.17) is 0 Å². The van der Waals surface area contributed by atoms with E-state index in [-0.39, 0.29) is 0 Å². The molecular formula is C19H19NS. The van der Waals surface area contributed by atoms with Gasteiger partial charge in [-0.2, -0.15) is 0 Å². The summed E-state index contributed by atoms with van der Waals surface area (Å²) in [5.41, 5.74) is 4.00. The van der Waals surface area contributed by atoms with Gasteiger partial charge in [0.2, 0.25) is 0 Å². The minimum absolute atomic E-state index is 0.360. The van der Waals surface area contributed by atoms with Crippen LogP contribution in [0.3, 0.4) is 0 Å². The SMILES string of the molecule is CNC(Cc1ccc(-c2cccs2)cc1)c1ccccc1. The van der Waals surface area contributed by atoms with Gasteiger partial charge in [0.25, 0.3) is 0 Å². The lowest BCUT2D eigenvalue weighted by atomic mass is 9.98. The molecular weight excluding hydrogens is 274 g/mol. The fraction of sp³-hybridized carbons (Fsp3) is 0.158. The molecule has 2 aromatic carbocycles. The van der Waals surface area contributed by atoms with E-state index in [1.54, 1.807) is 11.3 Å². The number of hydrogen-bond acceptors (Lipinski definition) is 2. The zero-order chi connectivity index (χ0) is 14.5. The van der Waals surface area contributed by atoms with E-state index >= 15 is 0 Å². The van der Waals surface area contributed by atoms with Crippen molar-refractivity contribution in [2.75, 3.05) is 7.05 Å². The lowest BCUT2D eigenvalue weighted by Crippen LogP contribution is -2.18. The molecule has 1 atom stereocenters. The molecule has 3 rings (SSSR count). The van der Waals surface area contributed by atoms with E-state index in [2.05, 4.69) is 77.4 Å². The molecule has 0 amide bonds. The lowest BCUT2D eigenvalue weighted by molar-refractivity contribution is 0.592. The number of thiophene rings is 1. The monoisotopic (exact) mass is 293 g/mol. The third-order valence-corrected chi connectivity index (χ3v) is 4.67. The van der Waals surface area contributed by atoms with Crippen LogP contribution < -0.4 is 5.32 Å². The molecule has 0 fully saturated rings. The number of benzene rings is 2. The van der Waals surface area contributed by atoms with Gasteiger partial charge in [-0.15, -0.1) is 11.3 Å². The highest BCUT2D eigenvalue weighted by Crippen LogP contribution is 2.26. The summed E-state index contributed by atoms with van der Waals surface area (Å²) in [7, 11) is 2.03. The number of hydrogen-bond donors (Lipinski definition) is 1. The van der Waals surface area contributed by atoms with Gasteiger partial charge in [-0.1, -0.05) is 60.7 Å². The quantitative estimate of drug-likeness (QED) is 0.704. The van der Waals surface area contributed by atoms with Crippen LogP contribution in [0.4, 0.5) is 0 Å². The number of rotatable bonds is 5. The standard InChI is InChI=1S/C19H19NS/c1-20-18(16-6-3-2-4-7-16)14-15-9-11-17(12-10-15)19-8-5-13-21-19/h2-13,18,20H,14H2,1H3. The Labute approximate surface area is 130 Å². The second-order valence-electron chi connectivity index (χ2n) is 5.13. The summed E-state index contributed by atoms with van der Waals surface area (Å²) in [5, 5.41) is 5.53. The predicted octanol–water partition coefficient (Wildman–Crippen LogP) is 4.92. The van der Waals surface area contributed by atoms with Crippen molar-refractivity contribution in [3.05, 3.63) is 83.2 Å². The van der Waals surface area contributed by atoms with Crippen LogP contribution in [-0.4, -0.2) is 7.05 Å². The minimum Gasteiger partial charge on any atom is -0.313 e. The van der Waals surface area contributed by atoms with Gasteiger partial charge in [0.1, 0.15) is 0 Å². The molecule has 0 aliphatic heterocycles. The first-order valence-corrected chi connectivity index (χ1v) is 8.10. The molecule has 0 aliphatic rings. The Morgan fingerprint density at radius 3 is 2.29 bits per heavy atom. The summed E-state index contributed by atoms with van der Waals surface area (Å²) in [6.45, 7) is 0. The molecule has 1 unspecified atom stereocenters. The van der Waals surface area contributed by atoms with Crippen molar-refractivity contribution in [1.29, 1.82) is 0 Å². The van der Waals surface area contributed by atoms with Gasteiger partial charge in [0.05, 0.1) is 0 Å². The van der Waals surface area contributed by atoms with Gasteiger partial charge in [-0.3, -0.25) is 0 Å². The molecule has 0 saturated heterocycles. The molecule has 0 spiro atoms. The summed E-state index contributed by atoms with van der Waals surface area (Å²) in [4.78, 5) is 1.33. The highest BCUT2D eigenvalue weighted by molar-refractivity contribution is 7.13. The second-order valence-corrected chi connectivity index (χ2v) is 6.08. The summed E-state index contributed by atoms with van der Waals surface area (Å²) >= 11 is 1.78. The maximum atomic E-state index is 3.41. The van der Waals surface area contributed by atoms with E-state index in [1.807, 2.05) is 7.05 Å². The van der Waals surface area contributed by atoms with Gasteiger partial charge in [0.15, 0.2) is 0 Å². The van der Waals surface area contributed by atoms with Crippen molar-refractivity contribution in [2.24, 2.45) is 0 Å². The Hall–Kier alpha value is -1.90. The molecule has 1 N–H and O–H groups in total. The van der Waals surface area contributed by atoms with Crippen LogP contribution >= 0.6 is 11.3 Å². The highest BCUT2D eigenvalue weighted by Gasteiger charge is 2.09. The van der Waals surface area contributed by atoms with Crippen molar-refractivity contribution < 1.29 is 0 Å². The first kappa shape index (κ1) is 14.1. The molecule has 106 valence electrons. The summed E-state index contributed by atoms with van der Waals surface area (Å²) in [6.07, 6.45) is 1.01. The zero-order valence-corrected chi connectivity index (χ0v) is 12.9. The van der Waals surface area contributed by atoms with E-state index in [0.717, 1.165) is 6.42 Å². The van der Waals surface area contributed by atoms with Gasteiger partial charge in [0, 0.05) is 10.9 Å². The Balaban J connectivity index is 1.75. The molecule has 0 bridgehead atoms. The fourth-order valence-electron chi connectivity index (χ4n) is 2.56. The molecule has 21 heavy (non-hydrogen) atoms. The van der Waals surface area contributed by atoms with Crippen molar-refractivity contribution in [3.8, 4) is 10.4 Å². The first-order valence-electron chi connectivity index (χ1n) is 7.22. The molecule has 1 heterocycles. The van der Waals surface area contributed by atoms with Crippen LogP contribution in [0.1, 0.15) is 17.2 Å². The Morgan fingerprint density at radius 2 is 1.67 bits per heavy atom. The van der Waals surface area contributed by atoms with E-state index in [9.17, 15) is 0 Å². The summed E-state index contributed by atoms with van der Waals surface area (Å²) in [5.74, 6) is 0. The second kappa shape index (κ2) is 6.70. The van der Waals surface area contributed by atoms with Gasteiger partial charge in [-0.25, -0.2) is 0 Å². The van der Waals surface area contributed by atoms with Gasteiger partial charge in [-0.05, 0) is 41.6 Å². The molecule has 1 nitrogen and oxygen atoms in total. The fourth-order valence-corrected chi connectivity index (χ4v) is 3.29. The Morgan fingerprint density at radius 1 is 0.905 bits per heavy atom. The van der Waals surface area contributed by atoms with E-state index in [0.29, 0.717) is 6.04 Å². The van der Waals surface area contributed by atoms with Crippen LogP contribution in [-0.2, 0) is 6.42 Å². The molecule has 0 saturated carbocycles. The summed E-state index contributed by atoms with van der Waals surface area (Å²) < 4.78 is 0. The van der Waals surface area contributed by atoms with Crippen LogP contribution in [0.5, 0.6) is 0 Å². The predicted molar refractivity (Wildman–Crippen MR) is 91.7 cm³/mol. The van der Waals surface area contributed by atoms with E-state index < -0.39 is 0 Å². The molecule has 1 aromatic heterocycles. The largest absolute Gasteiger partial charge is 0.313 e. The van der Waals surface area contributed by atoms with Crippen molar-refractivity contribution in [1.82, 2.24) is 5.32 Å². The molecule has 2 heteroatoms. The van der Waals surface area contributed by atoms with Crippen molar-refractivity contribution in [3.63, 3.8) is 0 Å². The first-order chi connectivity index (χ1) is 10.4. The Bertz CT molecular complexity index is 657. The smallest absolute Gasteiger partial charge is 0.0358 e. The third kappa shape index (κ3) is 3.41. The number of likely N-dealkylation sites (N-methyl/N-ethyl adjacent to an activating group) is 1. The van der Waals surface area contributed by atoms with Gasteiger partial charge < -0.3 is 5.32 Å². The number of nitrogens with one attached hydrogen (secondary N) is 1. The molecule has 3 aromatic rings. The Kier molecular flexibility index (Phi) is 4.49. The van der Waals surface area contributed by atoms with Gasteiger partial charge >= 0.3 is 0 Å². The topological polar surface area (TPSA) is 12.0 Å². The average molecular weight is 293 g/mol. The van der Waals surface area contributed by atoms with Crippen LogP contribution in [0, 0.1) is 0 Å². The molecule has 0 aliphatic carbocycles. The summed E-state index contributed by atoms with van der Waals surface area (Å²) in [6, 6.07) is 24.2. The van der Waals surface area contributed by atoms with Crippen LogP contribution in [0.2, 0.25) is 0 Å². The van der Waals surface area contributed by atoms with Crippen molar-refractivity contribution in [2.45, 2.75) is 12.5 Å². The average Bonchev–Trinajstić information content (AvgIpc) is 3.08. The zero-order valence-electron chi connectivity index (χ0n) is 12.1. The van der Waals surface area contributed by atoms with Crippen LogP contribution in [0.25, 0.3) is 10.4 Å². The van der Waals surface area contributed by atoms with E-state index in [1.165, 1.54) is 21.6 Å². The minimum atomic E-state index is 0.360. The maximum absolute atomic E-state index is 3.41. The third-order valence-electron chi connectivity index (χ3n) is 3.75. The molecule has 0 radical (unpaired) electrons. The van der Waals surface area contributed by atoms with Crippen LogP contribution in [0.15, 0.2) is 72.1 Å².